The number of nitrogens with zero attached hydrogens (tertiary/aromatic N) is 2. The number of rotatable bonds is 5. The fourth-order valence-corrected chi connectivity index (χ4v) is 3.00. The van der Waals surface area contributed by atoms with Crippen LogP contribution in [0, 0.1) is 6.92 Å². The topological polar surface area (TPSA) is 78.4 Å². The molecule has 2 aromatic rings. The number of alkyl halides is 1. The van der Waals surface area contributed by atoms with Gasteiger partial charge in [0.15, 0.2) is 5.69 Å². The smallest absolute Gasteiger partial charge is 0.359 e. The molecule has 0 radical (unpaired) electrons. The van der Waals surface area contributed by atoms with Crippen molar-refractivity contribution in [2.45, 2.75) is 26.1 Å². The van der Waals surface area contributed by atoms with Crippen LogP contribution in [0.5, 0.6) is 0 Å². The lowest BCUT2D eigenvalue weighted by Gasteiger charge is -2.14. The van der Waals surface area contributed by atoms with Gasteiger partial charge < -0.3 is 9.47 Å². The lowest BCUT2D eigenvalue weighted by molar-refractivity contribution is 0.0514. The summed E-state index contributed by atoms with van der Waals surface area (Å²) in [5.41, 5.74) is 2.06. The summed E-state index contributed by atoms with van der Waals surface area (Å²) in [7, 11) is 0. The quantitative estimate of drug-likeness (QED) is 0.585. The third kappa shape index (κ3) is 3.34. The number of aromatic nitrogens is 2. The van der Waals surface area contributed by atoms with Gasteiger partial charge in [0.2, 0.25) is 0 Å². The van der Waals surface area contributed by atoms with E-state index in [1.165, 1.54) is 6.20 Å². The third-order valence-electron chi connectivity index (χ3n) is 3.35. The van der Waals surface area contributed by atoms with Crippen LogP contribution in [0.1, 0.15) is 45.8 Å². The molecule has 2 rings (SSSR count). The highest BCUT2D eigenvalue weighted by atomic mass is 79.9. The van der Waals surface area contributed by atoms with E-state index in [4.69, 9.17) is 9.47 Å². The molecule has 1 aromatic carbocycles. The van der Waals surface area contributed by atoms with Crippen molar-refractivity contribution in [2.75, 3.05) is 13.2 Å². The molecule has 0 aliphatic carbocycles. The van der Waals surface area contributed by atoms with Crippen molar-refractivity contribution in [1.29, 1.82) is 0 Å². The van der Waals surface area contributed by atoms with Crippen LogP contribution >= 0.6 is 15.9 Å². The van der Waals surface area contributed by atoms with Crippen molar-refractivity contribution < 1.29 is 19.1 Å². The van der Waals surface area contributed by atoms with Gasteiger partial charge >= 0.3 is 11.9 Å². The molecule has 0 fully saturated rings. The molecule has 0 saturated heterocycles. The molecule has 0 aliphatic heterocycles. The summed E-state index contributed by atoms with van der Waals surface area (Å²) in [6, 6.07) is 1.74. The fraction of sp³-hybridized carbons (Fsp3) is 0.375. The number of halogens is 1. The normalized spacial score (nSPS) is 10.6. The number of esters is 2. The van der Waals surface area contributed by atoms with Crippen LogP contribution in [-0.4, -0.2) is 35.3 Å². The van der Waals surface area contributed by atoms with Crippen LogP contribution in [0.3, 0.4) is 0 Å². The standard InChI is InChI=1S/C16H17BrN2O4/c1-4-22-15(20)13-9(3)6-10-12(11(13)7-17)8-18-19-14(10)16(21)23-5-2/h6,8H,4-5,7H2,1-3H3. The van der Waals surface area contributed by atoms with Crippen molar-refractivity contribution in [3.63, 3.8) is 0 Å². The van der Waals surface area contributed by atoms with Gasteiger partial charge in [0.25, 0.3) is 0 Å². The Labute approximate surface area is 142 Å². The second kappa shape index (κ2) is 7.50. The first kappa shape index (κ1) is 17.3. The molecule has 0 unspecified atom stereocenters. The molecule has 0 amide bonds. The van der Waals surface area contributed by atoms with Crippen molar-refractivity contribution in [3.05, 3.63) is 34.6 Å². The van der Waals surface area contributed by atoms with Crippen molar-refractivity contribution in [1.82, 2.24) is 10.2 Å². The Balaban J connectivity index is 2.74. The summed E-state index contributed by atoms with van der Waals surface area (Å²) in [4.78, 5) is 24.3. The van der Waals surface area contributed by atoms with E-state index in [1.807, 2.05) is 0 Å². The van der Waals surface area contributed by atoms with Gasteiger partial charge in [-0.05, 0) is 38.0 Å². The second-order valence-corrected chi connectivity index (χ2v) is 5.34. The third-order valence-corrected chi connectivity index (χ3v) is 3.91. The summed E-state index contributed by atoms with van der Waals surface area (Å²) in [5, 5.41) is 9.48. The van der Waals surface area contributed by atoms with Gasteiger partial charge in [-0.15, -0.1) is 5.10 Å². The van der Waals surface area contributed by atoms with Gasteiger partial charge in [0.1, 0.15) is 0 Å². The molecule has 0 N–H and O–H groups in total. The summed E-state index contributed by atoms with van der Waals surface area (Å²) in [6.07, 6.45) is 1.54. The molecule has 23 heavy (non-hydrogen) atoms. The summed E-state index contributed by atoms with van der Waals surface area (Å²) in [6.45, 7) is 5.83. The highest BCUT2D eigenvalue weighted by Crippen LogP contribution is 2.29. The van der Waals surface area contributed by atoms with Crippen LogP contribution in [-0.2, 0) is 14.8 Å². The molecule has 1 heterocycles. The number of ether oxygens (including phenoxy) is 2. The maximum atomic E-state index is 12.2. The SMILES string of the molecule is CCOC(=O)c1c(C)cc2c(C(=O)OCC)nncc2c1CBr. The monoisotopic (exact) mass is 380 g/mol. The van der Waals surface area contributed by atoms with Crippen LogP contribution < -0.4 is 0 Å². The van der Waals surface area contributed by atoms with E-state index in [2.05, 4.69) is 26.1 Å². The van der Waals surface area contributed by atoms with Gasteiger partial charge in [-0.3, -0.25) is 0 Å². The first-order chi connectivity index (χ1) is 11.0. The summed E-state index contributed by atoms with van der Waals surface area (Å²) < 4.78 is 10.1. The van der Waals surface area contributed by atoms with Crippen molar-refractivity contribution in [3.8, 4) is 0 Å². The number of aryl methyl sites for hydroxylation is 1. The molecule has 0 aliphatic rings. The van der Waals surface area contributed by atoms with E-state index in [-0.39, 0.29) is 12.3 Å². The number of carbonyl (C=O) groups excluding carboxylic acids is 2. The largest absolute Gasteiger partial charge is 0.462 e. The average Bonchev–Trinajstić information content (AvgIpc) is 2.53. The van der Waals surface area contributed by atoms with Gasteiger partial charge in [0, 0.05) is 16.1 Å². The van der Waals surface area contributed by atoms with E-state index < -0.39 is 11.9 Å². The van der Waals surface area contributed by atoms with Crippen LogP contribution in [0.25, 0.3) is 10.8 Å². The van der Waals surface area contributed by atoms with E-state index in [1.54, 1.807) is 26.8 Å². The maximum Gasteiger partial charge on any atom is 0.359 e. The van der Waals surface area contributed by atoms with Crippen molar-refractivity contribution >= 4 is 38.6 Å². The minimum absolute atomic E-state index is 0.144. The van der Waals surface area contributed by atoms with E-state index in [9.17, 15) is 9.59 Å². The Morgan fingerprint density at radius 2 is 1.78 bits per heavy atom. The Morgan fingerprint density at radius 1 is 1.13 bits per heavy atom. The average molecular weight is 381 g/mol. The Morgan fingerprint density at radius 3 is 2.39 bits per heavy atom. The Kier molecular flexibility index (Phi) is 5.65. The Bertz CT molecular complexity index is 761. The van der Waals surface area contributed by atoms with Gasteiger partial charge in [-0.25, -0.2) is 9.59 Å². The van der Waals surface area contributed by atoms with Crippen LogP contribution in [0.15, 0.2) is 12.3 Å². The molecular weight excluding hydrogens is 364 g/mol. The highest BCUT2D eigenvalue weighted by molar-refractivity contribution is 9.08. The van der Waals surface area contributed by atoms with Crippen LogP contribution in [0.2, 0.25) is 0 Å². The molecule has 0 bridgehead atoms. The van der Waals surface area contributed by atoms with Crippen LogP contribution in [0.4, 0.5) is 0 Å². The van der Waals surface area contributed by atoms with Gasteiger partial charge in [-0.1, -0.05) is 15.9 Å². The molecule has 0 saturated carbocycles. The minimum Gasteiger partial charge on any atom is -0.462 e. The predicted octanol–water partition coefficient (Wildman–Crippen LogP) is 3.19. The van der Waals surface area contributed by atoms with Gasteiger partial charge in [0.05, 0.1) is 25.0 Å². The highest BCUT2D eigenvalue weighted by Gasteiger charge is 2.22. The molecule has 0 atom stereocenters. The first-order valence-corrected chi connectivity index (χ1v) is 8.35. The Hall–Kier alpha value is -2.02. The molecular formula is C16H17BrN2O4. The molecule has 6 nitrogen and oxygen atoms in total. The van der Waals surface area contributed by atoms with E-state index in [0.717, 1.165) is 5.56 Å². The number of carbonyl (C=O) groups is 2. The summed E-state index contributed by atoms with van der Waals surface area (Å²) in [5.74, 6) is -0.926. The zero-order chi connectivity index (χ0) is 17.0. The van der Waals surface area contributed by atoms with Crippen molar-refractivity contribution in [2.24, 2.45) is 0 Å². The molecule has 1 aromatic heterocycles. The number of hydrogen-bond acceptors (Lipinski definition) is 6. The zero-order valence-electron chi connectivity index (χ0n) is 13.2. The molecule has 0 spiro atoms. The van der Waals surface area contributed by atoms with Gasteiger partial charge in [-0.2, -0.15) is 5.10 Å². The van der Waals surface area contributed by atoms with E-state index >= 15 is 0 Å². The van der Waals surface area contributed by atoms with E-state index in [0.29, 0.717) is 33.8 Å². The lowest BCUT2D eigenvalue weighted by Crippen LogP contribution is -2.13. The molecule has 122 valence electrons. The number of benzene rings is 1. The fourth-order valence-electron chi connectivity index (χ4n) is 2.42. The predicted molar refractivity (Wildman–Crippen MR) is 88.8 cm³/mol. The second-order valence-electron chi connectivity index (χ2n) is 4.78. The molecule has 7 heteroatoms. The minimum atomic E-state index is -0.533. The number of hydrogen-bond donors (Lipinski definition) is 0. The zero-order valence-corrected chi connectivity index (χ0v) is 14.8. The first-order valence-electron chi connectivity index (χ1n) is 7.23. The number of fused-ring (bicyclic) bond motifs is 1. The lowest BCUT2D eigenvalue weighted by atomic mass is 9.96. The maximum absolute atomic E-state index is 12.2. The summed E-state index contributed by atoms with van der Waals surface area (Å²) >= 11 is 3.40.